The van der Waals surface area contributed by atoms with Gasteiger partial charge in [0.1, 0.15) is 18.1 Å². The Labute approximate surface area is 178 Å². The van der Waals surface area contributed by atoms with Crippen molar-refractivity contribution in [1.82, 2.24) is 15.1 Å². The SMILES string of the molecule is COc1ccc2c(c1)CC(C(=O)NCc1ccc(CN3CCN(C)CC3)cc1)CO2. The number of carbonyl (C=O) groups is 1. The molecule has 1 atom stereocenters. The van der Waals surface area contributed by atoms with E-state index < -0.39 is 0 Å². The third-order valence-electron chi connectivity index (χ3n) is 6.04. The Morgan fingerprint density at radius 3 is 2.57 bits per heavy atom. The van der Waals surface area contributed by atoms with Crippen molar-refractivity contribution in [3.63, 3.8) is 0 Å². The first-order chi connectivity index (χ1) is 14.6. The van der Waals surface area contributed by atoms with E-state index in [9.17, 15) is 4.79 Å². The van der Waals surface area contributed by atoms with Crippen molar-refractivity contribution in [2.24, 2.45) is 5.92 Å². The lowest BCUT2D eigenvalue weighted by molar-refractivity contribution is -0.126. The molecule has 1 saturated heterocycles. The van der Waals surface area contributed by atoms with Gasteiger partial charge in [-0.05, 0) is 48.4 Å². The number of piperazine rings is 1. The van der Waals surface area contributed by atoms with Crippen molar-refractivity contribution < 1.29 is 14.3 Å². The second-order valence-corrected chi connectivity index (χ2v) is 8.30. The molecule has 6 nitrogen and oxygen atoms in total. The molecule has 1 amide bonds. The van der Waals surface area contributed by atoms with Gasteiger partial charge in [0.15, 0.2) is 0 Å². The summed E-state index contributed by atoms with van der Waals surface area (Å²) in [4.78, 5) is 17.5. The van der Waals surface area contributed by atoms with Crippen LogP contribution in [-0.2, 0) is 24.3 Å². The van der Waals surface area contributed by atoms with E-state index in [-0.39, 0.29) is 11.8 Å². The van der Waals surface area contributed by atoms with Gasteiger partial charge >= 0.3 is 0 Å². The minimum atomic E-state index is -0.180. The van der Waals surface area contributed by atoms with E-state index in [1.54, 1.807) is 7.11 Å². The zero-order chi connectivity index (χ0) is 20.9. The highest BCUT2D eigenvalue weighted by atomic mass is 16.5. The summed E-state index contributed by atoms with van der Waals surface area (Å²) in [6.45, 7) is 6.44. The minimum Gasteiger partial charge on any atom is -0.497 e. The van der Waals surface area contributed by atoms with Gasteiger partial charge in [-0.25, -0.2) is 0 Å². The van der Waals surface area contributed by atoms with Gasteiger partial charge < -0.3 is 19.7 Å². The number of benzene rings is 2. The third-order valence-corrected chi connectivity index (χ3v) is 6.04. The first-order valence-corrected chi connectivity index (χ1v) is 10.7. The topological polar surface area (TPSA) is 54.0 Å². The Bertz CT molecular complexity index is 860. The molecule has 4 rings (SSSR count). The van der Waals surface area contributed by atoms with Gasteiger partial charge in [-0.2, -0.15) is 0 Å². The lowest BCUT2D eigenvalue weighted by Gasteiger charge is -2.32. The molecule has 0 radical (unpaired) electrons. The average molecular weight is 410 g/mol. The first-order valence-electron chi connectivity index (χ1n) is 10.7. The molecular formula is C24H31N3O3. The standard InChI is InChI=1S/C24H31N3O3/c1-26-9-11-27(12-10-26)16-19-5-3-18(4-6-19)15-25-24(28)21-13-20-14-22(29-2)7-8-23(20)30-17-21/h3-8,14,21H,9-13,15-17H2,1-2H3,(H,25,28). The number of rotatable bonds is 6. The van der Waals surface area contributed by atoms with Crippen molar-refractivity contribution in [3.05, 3.63) is 59.2 Å². The lowest BCUT2D eigenvalue weighted by atomic mass is 9.95. The Hall–Kier alpha value is -2.57. The molecule has 1 N–H and O–H groups in total. The number of hydrogen-bond donors (Lipinski definition) is 1. The van der Waals surface area contributed by atoms with E-state index in [0.717, 1.165) is 55.3 Å². The van der Waals surface area contributed by atoms with Gasteiger partial charge in [0.05, 0.1) is 13.0 Å². The molecular weight excluding hydrogens is 378 g/mol. The number of likely N-dealkylation sites (N-methyl/N-ethyl adjacent to an activating group) is 1. The fraction of sp³-hybridized carbons (Fsp3) is 0.458. The lowest BCUT2D eigenvalue weighted by Crippen LogP contribution is -2.43. The fourth-order valence-corrected chi connectivity index (χ4v) is 4.03. The highest BCUT2D eigenvalue weighted by molar-refractivity contribution is 5.79. The Morgan fingerprint density at radius 1 is 1.10 bits per heavy atom. The van der Waals surface area contributed by atoms with Gasteiger partial charge in [0.2, 0.25) is 5.91 Å². The maximum atomic E-state index is 12.7. The van der Waals surface area contributed by atoms with Crippen LogP contribution in [0.5, 0.6) is 11.5 Å². The molecule has 1 unspecified atom stereocenters. The summed E-state index contributed by atoms with van der Waals surface area (Å²) in [6.07, 6.45) is 0.669. The molecule has 0 bridgehead atoms. The molecule has 2 aromatic rings. The maximum Gasteiger partial charge on any atom is 0.227 e. The summed E-state index contributed by atoms with van der Waals surface area (Å²) >= 11 is 0. The van der Waals surface area contributed by atoms with Crippen LogP contribution in [0.15, 0.2) is 42.5 Å². The van der Waals surface area contributed by atoms with Crippen molar-refractivity contribution in [2.45, 2.75) is 19.5 Å². The smallest absolute Gasteiger partial charge is 0.227 e. The molecule has 2 aliphatic rings. The molecule has 0 aliphatic carbocycles. The Kier molecular flexibility index (Phi) is 6.55. The largest absolute Gasteiger partial charge is 0.497 e. The van der Waals surface area contributed by atoms with Crippen LogP contribution in [0.4, 0.5) is 0 Å². The predicted molar refractivity (Wildman–Crippen MR) is 117 cm³/mol. The van der Waals surface area contributed by atoms with Crippen LogP contribution in [0.1, 0.15) is 16.7 Å². The molecule has 2 heterocycles. The van der Waals surface area contributed by atoms with Crippen LogP contribution in [0.3, 0.4) is 0 Å². The highest BCUT2D eigenvalue weighted by Gasteiger charge is 2.26. The Balaban J connectivity index is 1.26. The molecule has 0 saturated carbocycles. The molecule has 2 aromatic carbocycles. The number of hydrogen-bond acceptors (Lipinski definition) is 5. The van der Waals surface area contributed by atoms with E-state index in [4.69, 9.17) is 9.47 Å². The molecule has 6 heteroatoms. The normalized spacial score (nSPS) is 19.6. The van der Waals surface area contributed by atoms with Crippen LogP contribution in [0.25, 0.3) is 0 Å². The van der Waals surface area contributed by atoms with E-state index in [1.165, 1.54) is 5.56 Å². The zero-order valence-electron chi connectivity index (χ0n) is 17.9. The van der Waals surface area contributed by atoms with Crippen LogP contribution in [0.2, 0.25) is 0 Å². The van der Waals surface area contributed by atoms with Crippen LogP contribution >= 0.6 is 0 Å². The minimum absolute atomic E-state index is 0.0324. The fourth-order valence-electron chi connectivity index (χ4n) is 4.03. The number of nitrogens with zero attached hydrogens (tertiary/aromatic N) is 2. The van der Waals surface area contributed by atoms with Crippen LogP contribution in [-0.4, -0.2) is 62.7 Å². The quantitative estimate of drug-likeness (QED) is 0.794. The second kappa shape index (κ2) is 9.49. The molecule has 1 fully saturated rings. The number of amides is 1. The van der Waals surface area contributed by atoms with E-state index in [1.807, 2.05) is 18.2 Å². The van der Waals surface area contributed by atoms with Crippen LogP contribution < -0.4 is 14.8 Å². The highest BCUT2D eigenvalue weighted by Crippen LogP contribution is 2.30. The predicted octanol–water partition coefficient (Wildman–Crippen LogP) is 2.31. The molecule has 0 spiro atoms. The van der Waals surface area contributed by atoms with Gasteiger partial charge in [0.25, 0.3) is 0 Å². The molecule has 30 heavy (non-hydrogen) atoms. The first kappa shape index (κ1) is 20.7. The number of methoxy groups -OCH3 is 1. The van der Waals surface area contributed by atoms with Gasteiger partial charge in [-0.3, -0.25) is 9.69 Å². The Morgan fingerprint density at radius 2 is 1.83 bits per heavy atom. The number of fused-ring (bicyclic) bond motifs is 1. The van der Waals surface area contributed by atoms with Crippen molar-refractivity contribution in [2.75, 3.05) is 46.9 Å². The van der Waals surface area contributed by atoms with Gasteiger partial charge in [-0.15, -0.1) is 0 Å². The van der Waals surface area contributed by atoms with E-state index in [0.29, 0.717) is 19.6 Å². The van der Waals surface area contributed by atoms with Gasteiger partial charge in [-0.1, -0.05) is 24.3 Å². The zero-order valence-corrected chi connectivity index (χ0v) is 17.9. The summed E-state index contributed by atoms with van der Waals surface area (Å²) in [6, 6.07) is 14.3. The summed E-state index contributed by atoms with van der Waals surface area (Å²) in [5.41, 5.74) is 3.46. The van der Waals surface area contributed by atoms with Gasteiger partial charge in [0, 0.05) is 39.3 Å². The van der Waals surface area contributed by atoms with Crippen molar-refractivity contribution in [3.8, 4) is 11.5 Å². The number of nitrogens with one attached hydrogen (secondary N) is 1. The second-order valence-electron chi connectivity index (χ2n) is 8.30. The van der Waals surface area contributed by atoms with E-state index >= 15 is 0 Å². The maximum absolute atomic E-state index is 12.7. The molecule has 0 aromatic heterocycles. The van der Waals surface area contributed by atoms with Crippen molar-refractivity contribution >= 4 is 5.91 Å². The molecule has 2 aliphatic heterocycles. The van der Waals surface area contributed by atoms with E-state index in [2.05, 4.69) is 46.4 Å². The number of ether oxygens (including phenoxy) is 2. The summed E-state index contributed by atoms with van der Waals surface area (Å²) in [5.74, 6) is 1.48. The summed E-state index contributed by atoms with van der Waals surface area (Å²) in [5, 5.41) is 3.07. The van der Waals surface area contributed by atoms with Crippen molar-refractivity contribution in [1.29, 1.82) is 0 Å². The monoisotopic (exact) mass is 409 g/mol. The summed E-state index contributed by atoms with van der Waals surface area (Å²) < 4.78 is 11.1. The third kappa shape index (κ3) is 5.12. The summed E-state index contributed by atoms with van der Waals surface area (Å²) in [7, 11) is 3.82. The van der Waals surface area contributed by atoms with Crippen LogP contribution in [0, 0.1) is 5.92 Å². The molecule has 160 valence electrons. The average Bonchev–Trinajstić information content (AvgIpc) is 2.79. The number of carbonyl (C=O) groups excluding carboxylic acids is 1.